The number of rotatable bonds is 12. The van der Waals surface area contributed by atoms with Crippen molar-refractivity contribution in [3.05, 3.63) is 130 Å². The molecule has 1 atom stereocenters. The molecular weight excluding hydrogens is 630 g/mol. The van der Waals surface area contributed by atoms with E-state index in [9.17, 15) is 18.0 Å². The third kappa shape index (κ3) is 8.82. The Bertz CT molecular complexity index is 1760. The Balaban J connectivity index is 1.56. The Morgan fingerprint density at radius 2 is 1.43 bits per heavy atom. The van der Waals surface area contributed by atoms with Crippen LogP contribution >= 0.6 is 11.6 Å². The van der Waals surface area contributed by atoms with Crippen molar-refractivity contribution in [2.75, 3.05) is 10.8 Å². The summed E-state index contributed by atoms with van der Waals surface area (Å²) in [7, 11) is -4.20. The molecule has 0 unspecified atom stereocenters. The van der Waals surface area contributed by atoms with Gasteiger partial charge in [0.15, 0.2) is 0 Å². The molecule has 1 N–H and O–H groups in total. The SMILES string of the molecule is Cc1ccc(N(CC(=O)N(Cc2ccccc2)[C@H](Cc2ccccc2)C(=O)NC2CCCCC2)S(=O)(=O)c2ccc(Cl)cc2)cc1C. The minimum Gasteiger partial charge on any atom is -0.352 e. The molecule has 4 aromatic carbocycles. The molecule has 1 aliphatic carbocycles. The van der Waals surface area contributed by atoms with E-state index in [0.717, 1.165) is 58.7 Å². The van der Waals surface area contributed by atoms with Crippen LogP contribution in [-0.4, -0.2) is 43.8 Å². The lowest BCUT2D eigenvalue weighted by Gasteiger charge is -2.35. The molecule has 246 valence electrons. The van der Waals surface area contributed by atoms with Crippen LogP contribution in [-0.2, 0) is 32.6 Å². The zero-order valence-electron chi connectivity index (χ0n) is 26.9. The van der Waals surface area contributed by atoms with Gasteiger partial charge in [-0.05, 0) is 85.3 Å². The van der Waals surface area contributed by atoms with Crippen molar-refractivity contribution < 1.29 is 18.0 Å². The fourth-order valence-electron chi connectivity index (χ4n) is 6.02. The van der Waals surface area contributed by atoms with Crippen molar-refractivity contribution in [2.24, 2.45) is 0 Å². The quantitative estimate of drug-likeness (QED) is 0.172. The molecule has 7 nitrogen and oxygen atoms in total. The third-order valence-corrected chi connectivity index (χ3v) is 10.9. The highest BCUT2D eigenvalue weighted by atomic mass is 35.5. The van der Waals surface area contributed by atoms with Crippen LogP contribution < -0.4 is 9.62 Å². The zero-order valence-corrected chi connectivity index (χ0v) is 28.5. The van der Waals surface area contributed by atoms with E-state index in [1.54, 1.807) is 17.0 Å². The maximum atomic E-state index is 14.7. The first-order chi connectivity index (χ1) is 22.6. The fourth-order valence-corrected chi connectivity index (χ4v) is 7.55. The smallest absolute Gasteiger partial charge is 0.264 e. The molecule has 1 aliphatic rings. The number of carbonyl (C=O) groups excluding carboxylic acids is 2. The molecule has 0 aromatic heterocycles. The predicted molar refractivity (Wildman–Crippen MR) is 188 cm³/mol. The van der Waals surface area contributed by atoms with Crippen molar-refractivity contribution in [3.8, 4) is 0 Å². The molecule has 0 bridgehead atoms. The molecule has 2 amide bonds. The number of hydrogen-bond acceptors (Lipinski definition) is 4. The van der Waals surface area contributed by atoms with Crippen molar-refractivity contribution >= 4 is 39.1 Å². The summed E-state index contributed by atoms with van der Waals surface area (Å²) in [5.74, 6) is -0.715. The second kappa shape index (κ2) is 15.6. The first-order valence-corrected chi connectivity index (χ1v) is 18.0. The van der Waals surface area contributed by atoms with Crippen LogP contribution in [0.4, 0.5) is 5.69 Å². The summed E-state index contributed by atoms with van der Waals surface area (Å²) < 4.78 is 29.6. The molecule has 5 rings (SSSR count). The Kier molecular flexibility index (Phi) is 11.4. The average molecular weight is 672 g/mol. The van der Waals surface area contributed by atoms with E-state index in [-0.39, 0.29) is 29.8 Å². The number of nitrogens with zero attached hydrogens (tertiary/aromatic N) is 2. The van der Waals surface area contributed by atoms with Gasteiger partial charge in [0.25, 0.3) is 10.0 Å². The van der Waals surface area contributed by atoms with Crippen LogP contribution in [0.25, 0.3) is 0 Å². The van der Waals surface area contributed by atoms with E-state index in [0.29, 0.717) is 10.7 Å². The van der Waals surface area contributed by atoms with Gasteiger partial charge < -0.3 is 10.2 Å². The Hall–Kier alpha value is -4.14. The molecule has 0 aliphatic heterocycles. The second-order valence-corrected chi connectivity index (χ2v) is 14.6. The fraction of sp³-hybridized carbons (Fsp3) is 0.316. The van der Waals surface area contributed by atoms with E-state index >= 15 is 0 Å². The molecule has 9 heteroatoms. The predicted octanol–water partition coefficient (Wildman–Crippen LogP) is 7.24. The number of sulfonamides is 1. The van der Waals surface area contributed by atoms with Crippen LogP contribution in [0, 0.1) is 13.8 Å². The summed E-state index contributed by atoms with van der Waals surface area (Å²) in [6, 6.07) is 29.5. The maximum absolute atomic E-state index is 14.7. The molecule has 0 spiro atoms. The molecular formula is C38H42ClN3O4S. The zero-order chi connectivity index (χ0) is 33.4. The molecule has 1 saturated carbocycles. The molecule has 0 heterocycles. The topological polar surface area (TPSA) is 86.8 Å². The number of anilines is 1. The molecule has 0 radical (unpaired) electrons. The van der Waals surface area contributed by atoms with E-state index in [1.165, 1.54) is 24.3 Å². The summed E-state index contributed by atoms with van der Waals surface area (Å²) in [4.78, 5) is 30.4. The molecule has 4 aromatic rings. The first kappa shape index (κ1) is 34.2. The lowest BCUT2D eigenvalue weighted by molar-refractivity contribution is -0.140. The minimum absolute atomic E-state index is 0.0124. The maximum Gasteiger partial charge on any atom is 0.264 e. The van der Waals surface area contributed by atoms with Crippen LogP contribution in [0.15, 0.2) is 108 Å². The van der Waals surface area contributed by atoms with Crippen molar-refractivity contribution in [1.82, 2.24) is 10.2 Å². The number of halogens is 1. The van der Waals surface area contributed by atoms with Crippen LogP contribution in [0.2, 0.25) is 5.02 Å². The van der Waals surface area contributed by atoms with Gasteiger partial charge in [-0.15, -0.1) is 0 Å². The van der Waals surface area contributed by atoms with E-state index < -0.39 is 28.5 Å². The third-order valence-electron chi connectivity index (χ3n) is 8.88. The number of carbonyl (C=O) groups is 2. The molecule has 1 fully saturated rings. The summed E-state index contributed by atoms with van der Waals surface area (Å²) in [6.07, 6.45) is 5.33. The van der Waals surface area contributed by atoms with Gasteiger partial charge in [0.1, 0.15) is 12.6 Å². The number of amides is 2. The second-order valence-electron chi connectivity index (χ2n) is 12.3. The van der Waals surface area contributed by atoms with E-state index in [1.807, 2.05) is 80.6 Å². The summed E-state index contributed by atoms with van der Waals surface area (Å²) in [5, 5.41) is 3.65. The lowest BCUT2D eigenvalue weighted by atomic mass is 9.94. The van der Waals surface area contributed by atoms with Crippen molar-refractivity contribution in [2.45, 2.75) is 75.9 Å². The van der Waals surface area contributed by atoms with Crippen molar-refractivity contribution in [1.29, 1.82) is 0 Å². The van der Waals surface area contributed by atoms with Gasteiger partial charge in [0.05, 0.1) is 10.6 Å². The highest BCUT2D eigenvalue weighted by Gasteiger charge is 2.35. The van der Waals surface area contributed by atoms with Gasteiger partial charge in [-0.2, -0.15) is 0 Å². The van der Waals surface area contributed by atoms with Crippen LogP contribution in [0.5, 0.6) is 0 Å². The largest absolute Gasteiger partial charge is 0.352 e. The highest BCUT2D eigenvalue weighted by molar-refractivity contribution is 7.92. The van der Waals surface area contributed by atoms with E-state index in [4.69, 9.17) is 11.6 Å². The van der Waals surface area contributed by atoms with Gasteiger partial charge in [-0.3, -0.25) is 13.9 Å². The Morgan fingerprint density at radius 1 is 0.809 bits per heavy atom. The van der Waals surface area contributed by atoms with E-state index in [2.05, 4.69) is 5.32 Å². The van der Waals surface area contributed by atoms with Crippen LogP contribution in [0.3, 0.4) is 0 Å². The summed E-state index contributed by atoms with van der Waals surface area (Å²) in [5.41, 5.74) is 3.99. The summed E-state index contributed by atoms with van der Waals surface area (Å²) >= 11 is 6.09. The lowest BCUT2D eigenvalue weighted by Crippen LogP contribution is -2.55. The molecule has 0 saturated heterocycles. The van der Waals surface area contributed by atoms with Gasteiger partial charge in [0.2, 0.25) is 11.8 Å². The van der Waals surface area contributed by atoms with Crippen molar-refractivity contribution in [3.63, 3.8) is 0 Å². The molecule has 47 heavy (non-hydrogen) atoms. The number of benzene rings is 4. The normalized spacial score (nSPS) is 14.3. The minimum atomic E-state index is -4.20. The monoisotopic (exact) mass is 671 g/mol. The van der Waals surface area contributed by atoms with Crippen LogP contribution in [0.1, 0.15) is 54.4 Å². The number of nitrogens with one attached hydrogen (secondary N) is 1. The number of aryl methyl sites for hydroxylation is 2. The van der Waals surface area contributed by atoms with Gasteiger partial charge in [-0.25, -0.2) is 8.42 Å². The van der Waals surface area contributed by atoms with Gasteiger partial charge in [-0.1, -0.05) is 97.6 Å². The van der Waals surface area contributed by atoms with Gasteiger partial charge >= 0.3 is 0 Å². The number of hydrogen-bond donors (Lipinski definition) is 1. The van der Waals surface area contributed by atoms with Gasteiger partial charge in [0, 0.05) is 24.0 Å². The Labute approximate surface area is 283 Å². The summed E-state index contributed by atoms with van der Waals surface area (Å²) in [6.45, 7) is 3.49. The average Bonchev–Trinajstić information content (AvgIpc) is 3.08. The standard InChI is InChI=1S/C38H42ClN3O4S/c1-28-18-21-34(24-29(28)2)42(47(45,46)35-22-19-32(39)20-23-35)27-37(43)41(26-31-14-8-4-9-15-31)36(25-30-12-6-3-7-13-30)38(44)40-33-16-10-5-11-17-33/h3-4,6-9,12-15,18-24,33,36H,5,10-11,16-17,25-27H2,1-2H3,(H,40,44)/t36-/m1/s1. The highest BCUT2D eigenvalue weighted by Crippen LogP contribution is 2.28. The first-order valence-electron chi connectivity index (χ1n) is 16.1. The Morgan fingerprint density at radius 3 is 2.04 bits per heavy atom.